The molecular formula is C9H12FNO3. The molecule has 0 bridgehead atoms. The summed E-state index contributed by atoms with van der Waals surface area (Å²) in [5.74, 6) is -0.461. The Morgan fingerprint density at radius 1 is 1.79 bits per heavy atom. The molecule has 0 aromatic rings. The van der Waals surface area contributed by atoms with Crippen LogP contribution in [0.15, 0.2) is 23.6 Å². The Morgan fingerprint density at radius 3 is 3.07 bits per heavy atom. The van der Waals surface area contributed by atoms with Gasteiger partial charge in [-0.05, 0) is 24.5 Å². The van der Waals surface area contributed by atoms with Crippen LogP contribution in [0.3, 0.4) is 0 Å². The van der Waals surface area contributed by atoms with E-state index in [1.807, 2.05) is 0 Å². The van der Waals surface area contributed by atoms with Crippen molar-refractivity contribution in [2.45, 2.75) is 18.9 Å². The van der Waals surface area contributed by atoms with Crippen LogP contribution in [0.2, 0.25) is 0 Å². The topological polar surface area (TPSA) is 72.6 Å². The first kappa shape index (κ1) is 10.7. The summed E-state index contributed by atoms with van der Waals surface area (Å²) in [4.78, 5) is 10.2. The second-order valence-corrected chi connectivity index (χ2v) is 2.96. The lowest BCUT2D eigenvalue weighted by atomic mass is 9.99. The lowest BCUT2D eigenvalue weighted by Crippen LogP contribution is -2.24. The third kappa shape index (κ3) is 2.85. The molecule has 1 aliphatic rings. The van der Waals surface area contributed by atoms with Gasteiger partial charge in [0.1, 0.15) is 18.5 Å². The van der Waals surface area contributed by atoms with E-state index < -0.39 is 18.0 Å². The van der Waals surface area contributed by atoms with E-state index in [0.717, 1.165) is 0 Å². The summed E-state index contributed by atoms with van der Waals surface area (Å²) < 4.78 is 17.5. The molecule has 0 aliphatic heterocycles. The maximum atomic E-state index is 13.1. The third-order valence-electron chi connectivity index (χ3n) is 1.94. The second-order valence-electron chi connectivity index (χ2n) is 2.96. The highest BCUT2D eigenvalue weighted by Crippen LogP contribution is 2.22. The van der Waals surface area contributed by atoms with Gasteiger partial charge in [0.05, 0.1) is 0 Å². The maximum Gasteiger partial charge on any atom is 0.404 e. The molecule has 0 unspecified atom stereocenters. The van der Waals surface area contributed by atoms with Gasteiger partial charge in [0.2, 0.25) is 0 Å². The zero-order valence-electron chi connectivity index (χ0n) is 7.57. The Labute approximate surface area is 80.8 Å². The normalized spacial score (nSPS) is 18.1. The molecule has 1 rings (SSSR count). The number of aliphatic hydroxyl groups excluding tert-OH is 1. The van der Waals surface area contributed by atoms with Gasteiger partial charge in [-0.15, -0.1) is 0 Å². The number of nitrogens with two attached hydrogens (primary N) is 1. The lowest BCUT2D eigenvalue weighted by molar-refractivity contribution is 0.0887. The summed E-state index contributed by atoms with van der Waals surface area (Å²) in [5, 5.41) is 9.43. The number of allylic oxidation sites excluding steroid dienone is 3. The zero-order chi connectivity index (χ0) is 10.6. The summed E-state index contributed by atoms with van der Waals surface area (Å²) in [7, 11) is 0. The SMILES string of the molecule is NC(=O)OC[C@@H](O)C1=C(F)C=CCC1. The predicted molar refractivity (Wildman–Crippen MR) is 48.1 cm³/mol. The molecule has 1 amide bonds. The Kier molecular flexibility index (Phi) is 3.64. The molecule has 0 aromatic heterocycles. The molecule has 1 aliphatic carbocycles. The van der Waals surface area contributed by atoms with E-state index in [4.69, 9.17) is 5.73 Å². The number of rotatable bonds is 3. The van der Waals surface area contributed by atoms with E-state index in [2.05, 4.69) is 4.74 Å². The number of aliphatic hydroxyl groups is 1. The first-order valence-electron chi connectivity index (χ1n) is 4.26. The minimum atomic E-state index is -1.10. The van der Waals surface area contributed by atoms with Gasteiger partial charge in [-0.3, -0.25) is 0 Å². The average Bonchev–Trinajstić information content (AvgIpc) is 2.15. The van der Waals surface area contributed by atoms with Crippen LogP contribution >= 0.6 is 0 Å². The Balaban J connectivity index is 2.54. The van der Waals surface area contributed by atoms with Gasteiger partial charge >= 0.3 is 6.09 Å². The zero-order valence-corrected chi connectivity index (χ0v) is 7.57. The standard InChI is InChI=1S/C9H12FNO3/c10-7-4-2-1-3-6(7)8(12)5-14-9(11)13/h2,4,8,12H,1,3,5H2,(H2,11,13)/t8-/m1/s1. The molecule has 0 heterocycles. The fraction of sp³-hybridized carbons (Fsp3) is 0.444. The van der Waals surface area contributed by atoms with Crippen LogP contribution in [0.1, 0.15) is 12.8 Å². The minimum Gasteiger partial charge on any atom is -0.447 e. The van der Waals surface area contributed by atoms with Gasteiger partial charge in [0, 0.05) is 0 Å². The molecule has 3 N–H and O–H groups in total. The second kappa shape index (κ2) is 4.76. The fourth-order valence-corrected chi connectivity index (χ4v) is 1.24. The number of amides is 1. The predicted octanol–water partition coefficient (Wildman–Crippen LogP) is 1.02. The van der Waals surface area contributed by atoms with Gasteiger partial charge in [0.15, 0.2) is 0 Å². The van der Waals surface area contributed by atoms with Crippen molar-refractivity contribution in [3.05, 3.63) is 23.6 Å². The van der Waals surface area contributed by atoms with Gasteiger partial charge in [-0.2, -0.15) is 0 Å². The molecule has 0 aromatic carbocycles. The number of ether oxygens (including phenoxy) is 1. The summed E-state index contributed by atoms with van der Waals surface area (Å²) in [6.07, 6.45) is 2.01. The maximum absolute atomic E-state index is 13.1. The highest BCUT2D eigenvalue weighted by Gasteiger charge is 2.18. The van der Waals surface area contributed by atoms with Gasteiger partial charge in [0.25, 0.3) is 0 Å². The van der Waals surface area contributed by atoms with E-state index in [0.29, 0.717) is 12.8 Å². The van der Waals surface area contributed by atoms with E-state index in [-0.39, 0.29) is 12.2 Å². The Bertz CT molecular complexity index is 286. The van der Waals surface area contributed by atoms with Crippen LogP contribution in [0, 0.1) is 0 Å². The van der Waals surface area contributed by atoms with Crippen molar-refractivity contribution in [3.8, 4) is 0 Å². The monoisotopic (exact) mass is 201 g/mol. The number of primary amides is 1. The van der Waals surface area contributed by atoms with Crippen molar-refractivity contribution >= 4 is 6.09 Å². The number of hydrogen-bond acceptors (Lipinski definition) is 3. The Morgan fingerprint density at radius 2 is 2.50 bits per heavy atom. The van der Waals surface area contributed by atoms with Crippen LogP contribution in [0.5, 0.6) is 0 Å². The molecule has 0 saturated carbocycles. The average molecular weight is 201 g/mol. The van der Waals surface area contributed by atoms with Crippen molar-refractivity contribution in [2.24, 2.45) is 5.73 Å². The molecule has 0 radical (unpaired) electrons. The molecule has 78 valence electrons. The number of carbonyl (C=O) groups is 1. The minimum absolute atomic E-state index is 0.258. The molecule has 1 atom stereocenters. The van der Waals surface area contributed by atoms with Crippen molar-refractivity contribution in [3.63, 3.8) is 0 Å². The Hall–Kier alpha value is -1.36. The highest BCUT2D eigenvalue weighted by atomic mass is 19.1. The van der Waals surface area contributed by atoms with Gasteiger partial charge in [-0.25, -0.2) is 9.18 Å². The van der Waals surface area contributed by atoms with Crippen molar-refractivity contribution in [2.75, 3.05) is 6.61 Å². The highest BCUT2D eigenvalue weighted by molar-refractivity contribution is 5.64. The van der Waals surface area contributed by atoms with Gasteiger partial charge in [-0.1, -0.05) is 6.08 Å². The molecule has 4 nitrogen and oxygen atoms in total. The molecule has 14 heavy (non-hydrogen) atoms. The lowest BCUT2D eigenvalue weighted by Gasteiger charge is -2.16. The quantitative estimate of drug-likeness (QED) is 0.715. The number of hydrogen-bond donors (Lipinski definition) is 2. The van der Waals surface area contributed by atoms with Crippen molar-refractivity contribution in [1.29, 1.82) is 0 Å². The van der Waals surface area contributed by atoms with Crippen LogP contribution in [0.4, 0.5) is 9.18 Å². The number of halogens is 1. The summed E-state index contributed by atoms with van der Waals surface area (Å²) in [6.45, 7) is -0.300. The van der Waals surface area contributed by atoms with Crippen molar-refractivity contribution in [1.82, 2.24) is 0 Å². The summed E-state index contributed by atoms with van der Waals surface area (Å²) >= 11 is 0. The molecule has 0 fully saturated rings. The summed E-state index contributed by atoms with van der Waals surface area (Å²) in [6, 6.07) is 0. The summed E-state index contributed by atoms with van der Waals surface area (Å²) in [5.41, 5.74) is 4.97. The van der Waals surface area contributed by atoms with Crippen LogP contribution in [-0.2, 0) is 4.74 Å². The molecule has 0 saturated heterocycles. The first-order chi connectivity index (χ1) is 6.61. The van der Waals surface area contributed by atoms with E-state index >= 15 is 0 Å². The van der Waals surface area contributed by atoms with Crippen LogP contribution in [0.25, 0.3) is 0 Å². The smallest absolute Gasteiger partial charge is 0.404 e. The van der Waals surface area contributed by atoms with Gasteiger partial charge < -0.3 is 15.6 Å². The largest absolute Gasteiger partial charge is 0.447 e. The van der Waals surface area contributed by atoms with Crippen LogP contribution < -0.4 is 5.73 Å². The molecule has 5 heteroatoms. The molecular weight excluding hydrogens is 189 g/mol. The van der Waals surface area contributed by atoms with E-state index in [1.54, 1.807) is 6.08 Å². The van der Waals surface area contributed by atoms with E-state index in [1.165, 1.54) is 6.08 Å². The number of carbonyl (C=O) groups excluding carboxylic acids is 1. The molecule has 0 spiro atoms. The van der Waals surface area contributed by atoms with Crippen LogP contribution in [-0.4, -0.2) is 23.9 Å². The first-order valence-corrected chi connectivity index (χ1v) is 4.26. The van der Waals surface area contributed by atoms with Crippen molar-refractivity contribution < 1.29 is 19.0 Å². The fourth-order valence-electron chi connectivity index (χ4n) is 1.24. The van der Waals surface area contributed by atoms with E-state index in [9.17, 15) is 14.3 Å². The third-order valence-corrected chi connectivity index (χ3v) is 1.94.